The monoisotopic (exact) mass is 522 g/mol. The summed E-state index contributed by atoms with van der Waals surface area (Å²) in [5.41, 5.74) is -8.35. The number of carbonyl (C=O) groups is 4. The summed E-state index contributed by atoms with van der Waals surface area (Å²) in [6.07, 6.45) is -4.23. The van der Waals surface area contributed by atoms with Crippen molar-refractivity contribution in [2.75, 3.05) is 13.2 Å². The molecule has 3 N–H and O–H groups in total. The largest absolute Gasteiger partial charge is 0.459 e. The Kier molecular flexibility index (Phi) is 4.83. The molecule has 0 aromatic carbocycles. The highest BCUT2D eigenvalue weighted by atomic mass is 16.8. The van der Waals surface area contributed by atoms with Gasteiger partial charge in [-0.2, -0.15) is 0 Å². The van der Waals surface area contributed by atoms with E-state index in [1.807, 2.05) is 20.8 Å². The van der Waals surface area contributed by atoms with Crippen LogP contribution in [-0.2, 0) is 42.9 Å². The number of hydrogen-bond donors (Lipinski definition) is 3. The molecule has 0 radical (unpaired) electrons. The predicted octanol–water partition coefficient (Wildman–Crippen LogP) is -1.23. The Morgan fingerprint density at radius 2 is 1.86 bits per heavy atom. The van der Waals surface area contributed by atoms with Crippen molar-refractivity contribution < 1.29 is 58.2 Å². The van der Waals surface area contributed by atoms with Gasteiger partial charge in [0.25, 0.3) is 0 Å². The van der Waals surface area contributed by atoms with E-state index in [-0.39, 0.29) is 13.0 Å². The van der Waals surface area contributed by atoms with E-state index in [0.717, 1.165) is 6.08 Å². The van der Waals surface area contributed by atoms with E-state index in [4.69, 9.17) is 28.8 Å². The predicted molar refractivity (Wildman–Crippen MR) is 117 cm³/mol. The maximum Gasteiger partial charge on any atom is 0.343 e. The summed E-state index contributed by atoms with van der Waals surface area (Å²) >= 11 is 0. The van der Waals surface area contributed by atoms with Gasteiger partial charge in [0.2, 0.25) is 11.9 Å². The van der Waals surface area contributed by atoms with Crippen LogP contribution in [0.4, 0.5) is 0 Å². The summed E-state index contributed by atoms with van der Waals surface area (Å²) in [5, 5.41) is 33.0. The lowest BCUT2D eigenvalue weighted by atomic mass is 9.51. The third-order valence-corrected chi connectivity index (χ3v) is 9.79. The number of aliphatic hydroxyl groups is 3. The van der Waals surface area contributed by atoms with Crippen LogP contribution in [0.1, 0.15) is 34.1 Å². The van der Waals surface area contributed by atoms with Crippen molar-refractivity contribution in [3.8, 4) is 0 Å². The molecule has 12 nitrogen and oxygen atoms in total. The fourth-order valence-corrected chi connectivity index (χ4v) is 8.68. The summed E-state index contributed by atoms with van der Waals surface area (Å²) in [6, 6.07) is 0. The molecule has 4 aliphatic heterocycles. The van der Waals surface area contributed by atoms with Gasteiger partial charge < -0.3 is 39.0 Å². The van der Waals surface area contributed by atoms with E-state index in [9.17, 15) is 29.4 Å². The molecule has 4 unspecified atom stereocenters. The summed E-state index contributed by atoms with van der Waals surface area (Å²) < 4.78 is 29.3. The van der Waals surface area contributed by atoms with Gasteiger partial charge in [0.05, 0.1) is 23.4 Å². The number of hydrogen-bond acceptors (Lipinski definition) is 12. The van der Waals surface area contributed by atoms with Gasteiger partial charge in [-0.05, 0) is 30.8 Å². The Labute approximate surface area is 211 Å². The van der Waals surface area contributed by atoms with Crippen LogP contribution in [0.3, 0.4) is 0 Å². The number of carbonyl (C=O) groups excluding carboxylic acids is 4. The molecule has 0 aromatic heterocycles. The van der Waals surface area contributed by atoms with Gasteiger partial charge >= 0.3 is 17.9 Å². The third kappa shape index (κ3) is 2.31. The van der Waals surface area contributed by atoms with Crippen molar-refractivity contribution in [1.29, 1.82) is 0 Å². The summed E-state index contributed by atoms with van der Waals surface area (Å²) in [6.45, 7) is 6.28. The number of rotatable bonds is 5. The summed E-state index contributed by atoms with van der Waals surface area (Å²) in [4.78, 5) is 51.1. The SMILES string of the molecule is CC1C(=O)O[C@H]2[C@H](O)[C@@]34C5CC(C(C)(C)C)C36[C@@H](OC(=O)[C@@H]6OC/C=C/C(=O)CO)O[C@@]4(C(=O)O5)[C@@]12O. The first kappa shape index (κ1) is 24.9. The van der Waals surface area contributed by atoms with Gasteiger partial charge in [-0.25, -0.2) is 9.59 Å². The molecule has 6 rings (SSSR count). The van der Waals surface area contributed by atoms with Gasteiger partial charge in [0.1, 0.15) is 18.8 Å². The molecule has 0 amide bonds. The molecule has 12 heteroatoms. The Bertz CT molecular complexity index is 1140. The molecule has 6 aliphatic rings. The van der Waals surface area contributed by atoms with Gasteiger partial charge in [0, 0.05) is 0 Å². The minimum absolute atomic E-state index is 0.217. The van der Waals surface area contributed by atoms with Crippen LogP contribution in [0.25, 0.3) is 0 Å². The molecule has 11 atom stereocenters. The zero-order valence-electron chi connectivity index (χ0n) is 20.8. The molecule has 6 fully saturated rings. The van der Waals surface area contributed by atoms with Gasteiger partial charge in [-0.3, -0.25) is 9.59 Å². The van der Waals surface area contributed by atoms with E-state index in [2.05, 4.69) is 0 Å². The number of aliphatic hydroxyl groups excluding tert-OH is 2. The Hall–Kier alpha value is -2.38. The van der Waals surface area contributed by atoms with E-state index in [1.54, 1.807) is 0 Å². The van der Waals surface area contributed by atoms with E-state index in [0.29, 0.717) is 0 Å². The fourth-order valence-electron chi connectivity index (χ4n) is 8.68. The van der Waals surface area contributed by atoms with Crippen molar-refractivity contribution in [2.45, 2.75) is 76.0 Å². The fraction of sp³-hybridized carbons (Fsp3) is 0.760. The van der Waals surface area contributed by atoms with E-state index >= 15 is 0 Å². The molecule has 37 heavy (non-hydrogen) atoms. The second-order valence-electron chi connectivity index (χ2n) is 12.0. The van der Waals surface area contributed by atoms with Crippen molar-refractivity contribution in [3.05, 3.63) is 12.2 Å². The molecule has 4 saturated heterocycles. The number of ether oxygens (including phenoxy) is 5. The number of ketones is 1. The van der Waals surface area contributed by atoms with Gasteiger partial charge in [0.15, 0.2) is 23.6 Å². The molecular formula is C25H30O12. The number of fused-ring (bicyclic) bond motifs is 1. The average molecular weight is 523 g/mol. The summed E-state index contributed by atoms with van der Waals surface area (Å²) in [7, 11) is 0. The molecule has 0 bridgehead atoms. The van der Waals surface area contributed by atoms with Crippen LogP contribution in [0.2, 0.25) is 0 Å². The maximum atomic E-state index is 13.7. The highest BCUT2D eigenvalue weighted by molar-refractivity contribution is 5.94. The lowest BCUT2D eigenvalue weighted by Gasteiger charge is -2.48. The van der Waals surface area contributed by atoms with Gasteiger partial charge in [-0.1, -0.05) is 26.8 Å². The summed E-state index contributed by atoms with van der Waals surface area (Å²) in [5.74, 6) is -4.81. The highest BCUT2D eigenvalue weighted by Crippen LogP contribution is 2.84. The first-order valence-electron chi connectivity index (χ1n) is 12.4. The highest BCUT2D eigenvalue weighted by Gasteiger charge is 3.04. The topological polar surface area (TPSA) is 175 Å². The Balaban J connectivity index is 1.57. The van der Waals surface area contributed by atoms with Crippen molar-refractivity contribution in [2.24, 2.45) is 28.1 Å². The van der Waals surface area contributed by atoms with Crippen molar-refractivity contribution in [1.82, 2.24) is 0 Å². The minimum atomic E-state index is -2.29. The van der Waals surface area contributed by atoms with Crippen LogP contribution in [0.15, 0.2) is 12.2 Å². The van der Waals surface area contributed by atoms with Crippen LogP contribution < -0.4 is 0 Å². The maximum absolute atomic E-state index is 13.7. The van der Waals surface area contributed by atoms with E-state index in [1.165, 1.54) is 13.0 Å². The van der Waals surface area contributed by atoms with Crippen molar-refractivity contribution >= 4 is 23.7 Å². The smallest absolute Gasteiger partial charge is 0.343 e. The van der Waals surface area contributed by atoms with Crippen molar-refractivity contribution in [3.63, 3.8) is 0 Å². The molecular weight excluding hydrogens is 492 g/mol. The third-order valence-electron chi connectivity index (χ3n) is 9.79. The Morgan fingerprint density at radius 1 is 1.16 bits per heavy atom. The first-order valence-corrected chi connectivity index (χ1v) is 12.4. The first-order chi connectivity index (χ1) is 17.3. The lowest BCUT2D eigenvalue weighted by molar-refractivity contribution is -0.240. The zero-order chi connectivity index (χ0) is 26.9. The standard InChI is InChI=1S/C25H30O12/c1-10-17(29)35-15-14(28)23-13-8-12(21(2,3)4)22(23)16(33-7-5-6-11(27)9-26)18(30)36-20(22)37-25(23,19(31)34-13)24(10,15)32/h5-6,10,12-16,20,26,28,32H,7-9H2,1-4H3/b6-5+/t10?,12?,13?,14-,15-,16-,20-,22?,23-,24+,25+/m0/s1. The van der Waals surface area contributed by atoms with E-state index < -0.39 is 100 Å². The second-order valence-corrected chi connectivity index (χ2v) is 12.0. The lowest BCUT2D eigenvalue weighted by Crippen LogP contribution is -2.67. The van der Waals surface area contributed by atoms with Crippen LogP contribution in [-0.4, -0.2) is 94.1 Å². The molecule has 202 valence electrons. The van der Waals surface area contributed by atoms with Crippen LogP contribution in [0.5, 0.6) is 0 Å². The van der Waals surface area contributed by atoms with Crippen LogP contribution >= 0.6 is 0 Å². The second kappa shape index (κ2) is 7.17. The minimum Gasteiger partial charge on any atom is -0.459 e. The number of esters is 3. The molecule has 0 aromatic rings. The zero-order valence-corrected chi connectivity index (χ0v) is 20.8. The Morgan fingerprint density at radius 3 is 2.51 bits per heavy atom. The molecule has 4 heterocycles. The molecule has 2 spiro atoms. The quantitative estimate of drug-likeness (QED) is 0.223. The van der Waals surface area contributed by atoms with Gasteiger partial charge in [-0.15, -0.1) is 0 Å². The van der Waals surface area contributed by atoms with Crippen LogP contribution in [0, 0.1) is 28.1 Å². The molecule has 2 saturated carbocycles. The normalized spacial score (nSPS) is 51.1. The average Bonchev–Trinajstić information content (AvgIpc) is 3.54. The molecule has 2 aliphatic carbocycles.